The molecule has 7 heteroatoms. The first-order chi connectivity index (χ1) is 11.5. The summed E-state index contributed by atoms with van der Waals surface area (Å²) in [6.45, 7) is 1.55. The number of hydrogen-bond donors (Lipinski definition) is 1. The summed E-state index contributed by atoms with van der Waals surface area (Å²) in [5.41, 5.74) is 0.552. The molecule has 0 radical (unpaired) electrons. The van der Waals surface area contributed by atoms with E-state index in [2.05, 4.69) is 15.2 Å². The molecule has 1 aliphatic rings. The van der Waals surface area contributed by atoms with E-state index in [4.69, 9.17) is 34.8 Å². The summed E-state index contributed by atoms with van der Waals surface area (Å²) in [5, 5.41) is 4.29. The van der Waals surface area contributed by atoms with Gasteiger partial charge in [-0.3, -0.25) is 4.79 Å². The lowest BCUT2D eigenvalue weighted by Gasteiger charge is -2.32. The number of hydrogen-bond acceptors (Lipinski definition) is 3. The van der Waals surface area contributed by atoms with E-state index in [1.54, 1.807) is 24.4 Å². The molecule has 4 nitrogen and oxygen atoms in total. The molecule has 1 aromatic carbocycles. The SMILES string of the molecule is O=C(Nc1cccc(Cl)c1Cl)C1CCN(c2ccc(Cl)cn2)CC1. The van der Waals surface area contributed by atoms with Crippen molar-refractivity contribution in [1.29, 1.82) is 0 Å². The first-order valence-corrected chi connectivity index (χ1v) is 8.79. The van der Waals surface area contributed by atoms with Crippen LogP contribution in [0, 0.1) is 5.92 Å². The maximum atomic E-state index is 12.5. The van der Waals surface area contributed by atoms with E-state index in [0.717, 1.165) is 31.7 Å². The first-order valence-electron chi connectivity index (χ1n) is 7.66. The minimum absolute atomic E-state index is 0.0251. The molecule has 0 spiro atoms. The van der Waals surface area contributed by atoms with Crippen LogP contribution in [0.3, 0.4) is 0 Å². The third-order valence-electron chi connectivity index (χ3n) is 4.11. The fraction of sp³-hybridized carbons (Fsp3) is 0.294. The van der Waals surface area contributed by atoms with Gasteiger partial charge in [0.05, 0.1) is 20.8 Å². The van der Waals surface area contributed by atoms with Gasteiger partial charge in [-0.05, 0) is 37.1 Å². The maximum Gasteiger partial charge on any atom is 0.227 e. The van der Waals surface area contributed by atoms with Gasteiger partial charge in [-0.1, -0.05) is 40.9 Å². The Bertz CT molecular complexity index is 728. The Morgan fingerprint density at radius 2 is 1.88 bits per heavy atom. The molecule has 0 bridgehead atoms. The number of aromatic nitrogens is 1. The van der Waals surface area contributed by atoms with Crippen LogP contribution in [0.2, 0.25) is 15.1 Å². The molecular weight excluding hydrogens is 369 g/mol. The van der Waals surface area contributed by atoms with Crippen LogP contribution in [0.25, 0.3) is 0 Å². The average Bonchev–Trinajstić information content (AvgIpc) is 2.60. The van der Waals surface area contributed by atoms with Crippen LogP contribution in [-0.4, -0.2) is 24.0 Å². The summed E-state index contributed by atoms with van der Waals surface area (Å²) in [4.78, 5) is 18.9. The van der Waals surface area contributed by atoms with E-state index in [1.807, 2.05) is 12.1 Å². The highest BCUT2D eigenvalue weighted by molar-refractivity contribution is 6.44. The zero-order valence-corrected chi connectivity index (χ0v) is 15.1. The molecule has 0 unspecified atom stereocenters. The maximum absolute atomic E-state index is 12.5. The van der Waals surface area contributed by atoms with E-state index in [9.17, 15) is 4.79 Å². The minimum Gasteiger partial charge on any atom is -0.357 e. The van der Waals surface area contributed by atoms with Gasteiger partial charge >= 0.3 is 0 Å². The first kappa shape index (κ1) is 17.3. The summed E-state index contributed by atoms with van der Waals surface area (Å²) in [7, 11) is 0. The number of anilines is 2. The third kappa shape index (κ3) is 3.94. The second-order valence-corrected chi connectivity index (χ2v) is 6.91. The van der Waals surface area contributed by atoms with Crippen molar-refractivity contribution in [3.63, 3.8) is 0 Å². The van der Waals surface area contributed by atoms with E-state index in [1.165, 1.54) is 0 Å². The van der Waals surface area contributed by atoms with Gasteiger partial charge in [0, 0.05) is 25.2 Å². The molecule has 1 aliphatic heterocycles. The molecule has 0 aliphatic carbocycles. The molecule has 1 amide bonds. The van der Waals surface area contributed by atoms with Gasteiger partial charge < -0.3 is 10.2 Å². The lowest BCUT2D eigenvalue weighted by atomic mass is 9.96. The van der Waals surface area contributed by atoms with Crippen LogP contribution < -0.4 is 10.2 Å². The van der Waals surface area contributed by atoms with E-state index < -0.39 is 0 Å². The summed E-state index contributed by atoms with van der Waals surface area (Å²) in [6, 6.07) is 8.92. The van der Waals surface area contributed by atoms with Crippen molar-refractivity contribution in [2.75, 3.05) is 23.3 Å². The van der Waals surface area contributed by atoms with Gasteiger partial charge in [-0.15, -0.1) is 0 Å². The molecular formula is C17H16Cl3N3O. The minimum atomic E-state index is -0.0522. The molecule has 1 N–H and O–H groups in total. The number of nitrogens with one attached hydrogen (secondary N) is 1. The highest BCUT2D eigenvalue weighted by Crippen LogP contribution is 2.31. The van der Waals surface area contributed by atoms with Crippen LogP contribution in [0.1, 0.15) is 12.8 Å². The highest BCUT2D eigenvalue weighted by atomic mass is 35.5. The van der Waals surface area contributed by atoms with Crippen molar-refractivity contribution in [1.82, 2.24) is 4.98 Å². The predicted octanol–water partition coefficient (Wildman–Crippen LogP) is 4.90. The van der Waals surface area contributed by atoms with Crippen LogP contribution >= 0.6 is 34.8 Å². The number of piperidine rings is 1. The van der Waals surface area contributed by atoms with Gasteiger partial charge in [0.1, 0.15) is 5.82 Å². The molecule has 1 saturated heterocycles. The van der Waals surface area contributed by atoms with Crippen molar-refractivity contribution >= 4 is 52.2 Å². The smallest absolute Gasteiger partial charge is 0.227 e. The molecule has 24 heavy (non-hydrogen) atoms. The Hall–Kier alpha value is -1.49. The standard InChI is InChI=1S/C17H16Cl3N3O/c18-12-4-5-15(21-10-12)23-8-6-11(7-9-23)17(24)22-14-3-1-2-13(19)16(14)20/h1-5,10-11H,6-9H2,(H,22,24). The molecule has 126 valence electrons. The quantitative estimate of drug-likeness (QED) is 0.819. The number of amides is 1. The van der Waals surface area contributed by atoms with Crippen LogP contribution in [0.4, 0.5) is 11.5 Å². The second kappa shape index (κ2) is 7.60. The van der Waals surface area contributed by atoms with Crippen molar-refractivity contribution in [2.45, 2.75) is 12.8 Å². The molecule has 0 atom stereocenters. The molecule has 1 fully saturated rings. The number of benzene rings is 1. The van der Waals surface area contributed by atoms with Crippen molar-refractivity contribution < 1.29 is 4.79 Å². The van der Waals surface area contributed by atoms with Crippen LogP contribution in [0.15, 0.2) is 36.5 Å². The van der Waals surface area contributed by atoms with E-state index in [0.29, 0.717) is 20.8 Å². The van der Waals surface area contributed by atoms with Gasteiger partial charge in [0.2, 0.25) is 5.91 Å². The number of pyridine rings is 1. The monoisotopic (exact) mass is 383 g/mol. The molecule has 1 aromatic heterocycles. The van der Waals surface area contributed by atoms with Crippen molar-refractivity contribution in [3.8, 4) is 0 Å². The Kier molecular flexibility index (Phi) is 5.49. The predicted molar refractivity (Wildman–Crippen MR) is 99.3 cm³/mol. The molecule has 0 saturated carbocycles. The number of halogens is 3. The Morgan fingerprint density at radius 3 is 2.54 bits per heavy atom. The fourth-order valence-electron chi connectivity index (χ4n) is 2.76. The van der Waals surface area contributed by atoms with Gasteiger partial charge in [0.25, 0.3) is 0 Å². The zero-order chi connectivity index (χ0) is 17.1. The summed E-state index contributed by atoms with van der Waals surface area (Å²) >= 11 is 18.0. The van der Waals surface area contributed by atoms with Crippen LogP contribution in [-0.2, 0) is 4.79 Å². The zero-order valence-electron chi connectivity index (χ0n) is 12.8. The largest absolute Gasteiger partial charge is 0.357 e. The van der Waals surface area contributed by atoms with Gasteiger partial charge in [0.15, 0.2) is 0 Å². The summed E-state index contributed by atoms with van der Waals surface area (Å²) in [6.07, 6.45) is 3.15. The van der Waals surface area contributed by atoms with E-state index >= 15 is 0 Å². The highest BCUT2D eigenvalue weighted by Gasteiger charge is 2.26. The number of carbonyl (C=O) groups is 1. The lowest BCUT2D eigenvalue weighted by Crippen LogP contribution is -2.38. The van der Waals surface area contributed by atoms with Gasteiger partial charge in [-0.25, -0.2) is 4.98 Å². The molecule has 2 aromatic rings. The third-order valence-corrected chi connectivity index (χ3v) is 5.15. The van der Waals surface area contributed by atoms with Crippen molar-refractivity contribution in [3.05, 3.63) is 51.6 Å². The number of nitrogens with zero attached hydrogens (tertiary/aromatic N) is 2. The average molecular weight is 385 g/mol. The lowest BCUT2D eigenvalue weighted by molar-refractivity contribution is -0.120. The summed E-state index contributed by atoms with van der Waals surface area (Å²) < 4.78 is 0. The Labute approximate surface area is 155 Å². The molecule has 3 rings (SSSR count). The summed E-state index contributed by atoms with van der Waals surface area (Å²) in [5.74, 6) is 0.808. The number of rotatable bonds is 3. The van der Waals surface area contributed by atoms with Crippen LogP contribution in [0.5, 0.6) is 0 Å². The number of carbonyl (C=O) groups excluding carboxylic acids is 1. The Balaban J connectivity index is 1.59. The van der Waals surface area contributed by atoms with E-state index in [-0.39, 0.29) is 11.8 Å². The van der Waals surface area contributed by atoms with Gasteiger partial charge in [-0.2, -0.15) is 0 Å². The molecule has 2 heterocycles. The Morgan fingerprint density at radius 1 is 1.12 bits per heavy atom. The fourth-order valence-corrected chi connectivity index (χ4v) is 3.22. The van der Waals surface area contributed by atoms with Crippen molar-refractivity contribution in [2.24, 2.45) is 5.92 Å². The normalized spacial score (nSPS) is 15.4. The topological polar surface area (TPSA) is 45.2 Å². The second-order valence-electron chi connectivity index (χ2n) is 5.69.